The van der Waals surface area contributed by atoms with Crippen LogP contribution in [0.5, 0.6) is 0 Å². The van der Waals surface area contributed by atoms with Crippen LogP contribution in [0.15, 0.2) is 4.52 Å². The second-order valence-corrected chi connectivity index (χ2v) is 4.28. The van der Waals surface area contributed by atoms with Crippen LogP contribution in [-0.2, 0) is 11.2 Å². The number of ether oxygens (including phenoxy) is 1. The Bertz CT molecular complexity index is 338. The third-order valence-corrected chi connectivity index (χ3v) is 2.48. The lowest BCUT2D eigenvalue weighted by molar-refractivity contribution is 0.0518. The molecule has 0 aliphatic heterocycles. The first-order chi connectivity index (χ1) is 8.02. The molecule has 0 bridgehead atoms. The summed E-state index contributed by atoms with van der Waals surface area (Å²) in [5.41, 5.74) is 4.41. The van der Waals surface area contributed by atoms with Crippen LogP contribution < -0.4 is 5.73 Å². The first-order valence-corrected chi connectivity index (χ1v) is 5.89. The molecule has 0 radical (unpaired) electrons. The molecule has 98 valence electrons. The van der Waals surface area contributed by atoms with Crippen LogP contribution in [0.25, 0.3) is 0 Å². The van der Waals surface area contributed by atoms with E-state index in [0.29, 0.717) is 18.3 Å². The maximum atomic E-state index is 9.80. The summed E-state index contributed by atoms with van der Waals surface area (Å²) in [5, 5.41) is 13.7. The number of aromatic nitrogens is 2. The number of hydrogen-bond acceptors (Lipinski definition) is 6. The van der Waals surface area contributed by atoms with Gasteiger partial charge in [-0.2, -0.15) is 4.98 Å². The molecule has 1 rings (SSSR count). The summed E-state index contributed by atoms with van der Waals surface area (Å²) >= 11 is 0. The molecule has 2 unspecified atom stereocenters. The molecule has 0 saturated heterocycles. The van der Waals surface area contributed by atoms with Gasteiger partial charge >= 0.3 is 0 Å². The van der Waals surface area contributed by atoms with Gasteiger partial charge in [0, 0.05) is 13.2 Å². The molecule has 2 atom stereocenters. The standard InChI is InChI=1S/C11H21N3O3/c1-4-8(16-5-2)10-13-9(17-14-10)6-11(3,15)7-12/h8,15H,4-7,12H2,1-3H3. The summed E-state index contributed by atoms with van der Waals surface area (Å²) in [6.07, 6.45) is 0.874. The number of nitrogens with zero attached hydrogens (tertiary/aromatic N) is 2. The first-order valence-electron chi connectivity index (χ1n) is 5.89. The Morgan fingerprint density at radius 1 is 1.53 bits per heavy atom. The Morgan fingerprint density at radius 3 is 2.76 bits per heavy atom. The molecular weight excluding hydrogens is 222 g/mol. The Hall–Kier alpha value is -0.980. The van der Waals surface area contributed by atoms with Gasteiger partial charge in [-0.1, -0.05) is 12.1 Å². The van der Waals surface area contributed by atoms with Crippen LogP contribution in [0, 0.1) is 0 Å². The van der Waals surface area contributed by atoms with E-state index >= 15 is 0 Å². The van der Waals surface area contributed by atoms with Crippen LogP contribution in [0.4, 0.5) is 0 Å². The van der Waals surface area contributed by atoms with Crippen molar-refractivity contribution in [2.45, 2.75) is 45.3 Å². The molecule has 0 saturated carbocycles. The average Bonchev–Trinajstić information content (AvgIpc) is 2.73. The second kappa shape index (κ2) is 6.09. The van der Waals surface area contributed by atoms with Gasteiger partial charge in [-0.05, 0) is 20.3 Å². The molecule has 17 heavy (non-hydrogen) atoms. The topological polar surface area (TPSA) is 94.4 Å². The molecule has 0 aromatic carbocycles. The van der Waals surface area contributed by atoms with Crippen molar-refractivity contribution in [1.29, 1.82) is 0 Å². The van der Waals surface area contributed by atoms with Crippen molar-refractivity contribution >= 4 is 0 Å². The fourth-order valence-electron chi connectivity index (χ4n) is 1.44. The van der Waals surface area contributed by atoms with Gasteiger partial charge in [0.05, 0.1) is 12.0 Å². The van der Waals surface area contributed by atoms with Gasteiger partial charge in [0.15, 0.2) is 0 Å². The highest BCUT2D eigenvalue weighted by Crippen LogP contribution is 2.19. The van der Waals surface area contributed by atoms with Crippen LogP contribution in [0.2, 0.25) is 0 Å². The minimum atomic E-state index is -1.02. The lowest BCUT2D eigenvalue weighted by Gasteiger charge is -2.17. The van der Waals surface area contributed by atoms with E-state index in [0.717, 1.165) is 6.42 Å². The number of rotatable bonds is 7. The largest absolute Gasteiger partial charge is 0.388 e. The van der Waals surface area contributed by atoms with Crippen molar-refractivity contribution in [2.24, 2.45) is 5.73 Å². The number of hydrogen-bond donors (Lipinski definition) is 2. The lowest BCUT2D eigenvalue weighted by Crippen LogP contribution is -2.36. The van der Waals surface area contributed by atoms with Crippen molar-refractivity contribution in [3.8, 4) is 0 Å². The third-order valence-electron chi connectivity index (χ3n) is 2.48. The summed E-state index contributed by atoms with van der Waals surface area (Å²) in [6.45, 7) is 6.29. The summed E-state index contributed by atoms with van der Waals surface area (Å²) < 4.78 is 10.5. The predicted octanol–water partition coefficient (Wildman–Crippen LogP) is 0.809. The van der Waals surface area contributed by atoms with E-state index in [1.165, 1.54) is 0 Å². The molecule has 6 heteroatoms. The van der Waals surface area contributed by atoms with Crippen molar-refractivity contribution in [1.82, 2.24) is 10.1 Å². The molecule has 0 amide bonds. The second-order valence-electron chi connectivity index (χ2n) is 4.28. The van der Waals surface area contributed by atoms with Gasteiger partial charge in [-0.3, -0.25) is 0 Å². The van der Waals surface area contributed by atoms with Gasteiger partial charge < -0.3 is 20.1 Å². The monoisotopic (exact) mass is 243 g/mol. The Labute approximate surface area is 101 Å². The van der Waals surface area contributed by atoms with E-state index < -0.39 is 5.60 Å². The Balaban J connectivity index is 2.70. The highest BCUT2D eigenvalue weighted by atomic mass is 16.5. The molecule has 0 spiro atoms. The van der Waals surface area contributed by atoms with Crippen LogP contribution in [0.1, 0.15) is 45.0 Å². The van der Waals surface area contributed by atoms with Gasteiger partial charge in [0.1, 0.15) is 6.10 Å². The number of aliphatic hydroxyl groups is 1. The van der Waals surface area contributed by atoms with Gasteiger partial charge in [0.25, 0.3) is 0 Å². The molecule has 0 fully saturated rings. The molecule has 0 aliphatic carbocycles. The number of nitrogens with two attached hydrogens (primary N) is 1. The average molecular weight is 243 g/mol. The minimum absolute atomic E-state index is 0.146. The SMILES string of the molecule is CCOC(CC)c1noc(CC(C)(O)CN)n1. The normalized spacial score (nSPS) is 16.8. The van der Waals surface area contributed by atoms with E-state index in [4.69, 9.17) is 15.0 Å². The van der Waals surface area contributed by atoms with E-state index in [1.807, 2.05) is 13.8 Å². The Kier molecular flexibility index (Phi) is 5.04. The highest BCUT2D eigenvalue weighted by Gasteiger charge is 2.24. The van der Waals surface area contributed by atoms with Crippen molar-refractivity contribution < 1.29 is 14.4 Å². The van der Waals surface area contributed by atoms with Gasteiger partial charge in [0.2, 0.25) is 11.7 Å². The minimum Gasteiger partial charge on any atom is -0.388 e. The fraction of sp³-hybridized carbons (Fsp3) is 0.818. The summed E-state index contributed by atoms with van der Waals surface area (Å²) in [4.78, 5) is 4.21. The zero-order valence-electron chi connectivity index (χ0n) is 10.6. The summed E-state index contributed by atoms with van der Waals surface area (Å²) in [5.74, 6) is 0.908. The summed E-state index contributed by atoms with van der Waals surface area (Å²) in [6, 6.07) is 0. The fourth-order valence-corrected chi connectivity index (χ4v) is 1.44. The van der Waals surface area contributed by atoms with Crippen molar-refractivity contribution in [2.75, 3.05) is 13.2 Å². The van der Waals surface area contributed by atoms with E-state index in [1.54, 1.807) is 6.92 Å². The summed E-state index contributed by atoms with van der Waals surface area (Å²) in [7, 11) is 0. The molecular formula is C11H21N3O3. The Morgan fingerprint density at radius 2 is 2.24 bits per heavy atom. The zero-order valence-corrected chi connectivity index (χ0v) is 10.6. The van der Waals surface area contributed by atoms with E-state index in [-0.39, 0.29) is 19.1 Å². The van der Waals surface area contributed by atoms with E-state index in [9.17, 15) is 5.11 Å². The van der Waals surface area contributed by atoms with Gasteiger partial charge in [-0.15, -0.1) is 0 Å². The molecule has 0 aliphatic rings. The highest BCUT2D eigenvalue weighted by molar-refractivity contribution is 4.95. The molecule has 3 N–H and O–H groups in total. The van der Waals surface area contributed by atoms with Crippen LogP contribution in [0.3, 0.4) is 0 Å². The molecule has 1 aromatic heterocycles. The first kappa shape index (κ1) is 14.1. The quantitative estimate of drug-likeness (QED) is 0.736. The predicted molar refractivity (Wildman–Crippen MR) is 62.3 cm³/mol. The molecule has 1 aromatic rings. The van der Waals surface area contributed by atoms with Gasteiger partial charge in [-0.25, -0.2) is 0 Å². The molecule has 6 nitrogen and oxygen atoms in total. The molecule has 1 heterocycles. The van der Waals surface area contributed by atoms with Crippen molar-refractivity contribution in [3.05, 3.63) is 11.7 Å². The van der Waals surface area contributed by atoms with E-state index in [2.05, 4.69) is 10.1 Å². The maximum absolute atomic E-state index is 9.80. The van der Waals surface area contributed by atoms with Crippen LogP contribution >= 0.6 is 0 Å². The van der Waals surface area contributed by atoms with Crippen LogP contribution in [-0.4, -0.2) is 34.0 Å². The zero-order chi connectivity index (χ0) is 12.9. The lowest BCUT2D eigenvalue weighted by atomic mass is 10.0. The third kappa shape index (κ3) is 4.07. The maximum Gasteiger partial charge on any atom is 0.229 e. The smallest absolute Gasteiger partial charge is 0.229 e. The van der Waals surface area contributed by atoms with Crippen molar-refractivity contribution in [3.63, 3.8) is 0 Å².